The Morgan fingerprint density at radius 2 is 2.11 bits per heavy atom. The lowest BCUT2D eigenvalue weighted by molar-refractivity contribution is -0.152. The van der Waals surface area contributed by atoms with Gasteiger partial charge in [-0.15, -0.1) is 0 Å². The zero-order chi connectivity index (χ0) is 14.5. The fourth-order valence-corrected chi connectivity index (χ4v) is 1.57. The van der Waals surface area contributed by atoms with Gasteiger partial charge in [0.2, 0.25) is 0 Å². The van der Waals surface area contributed by atoms with Crippen LogP contribution in [-0.2, 0) is 16.1 Å². The molecule has 0 aromatic heterocycles. The smallest absolute Gasteiger partial charge is 0.314 e. The van der Waals surface area contributed by atoms with Gasteiger partial charge >= 0.3 is 5.97 Å². The molecule has 0 atom stereocenters. The average molecular weight is 269 g/mol. The van der Waals surface area contributed by atoms with Gasteiger partial charge in [-0.05, 0) is 38.6 Å². The normalized spacial score (nSPS) is 11.2. The molecule has 0 bridgehead atoms. The van der Waals surface area contributed by atoms with E-state index in [9.17, 15) is 9.18 Å². The van der Waals surface area contributed by atoms with Crippen molar-refractivity contribution in [3.05, 3.63) is 29.6 Å². The molecule has 0 unspecified atom stereocenters. The molecule has 1 rings (SSSR count). The number of ether oxygens (including phenoxy) is 2. The van der Waals surface area contributed by atoms with E-state index in [4.69, 9.17) is 4.74 Å². The molecule has 0 fully saturated rings. The van der Waals surface area contributed by atoms with Crippen LogP contribution >= 0.6 is 0 Å². The minimum absolute atomic E-state index is 0.0575. The van der Waals surface area contributed by atoms with Gasteiger partial charge in [0, 0.05) is 6.54 Å². The molecule has 4 nitrogen and oxygen atoms in total. The van der Waals surface area contributed by atoms with E-state index in [0.717, 1.165) is 5.56 Å². The third-order valence-corrected chi connectivity index (χ3v) is 2.70. The summed E-state index contributed by atoms with van der Waals surface area (Å²) in [5.41, 5.74) is 0.0183. The number of carbonyl (C=O) groups is 1. The van der Waals surface area contributed by atoms with Gasteiger partial charge in [-0.2, -0.15) is 0 Å². The largest absolute Gasteiger partial charge is 0.489 e. The summed E-state index contributed by atoms with van der Waals surface area (Å²) in [4.78, 5) is 11.5. The summed E-state index contributed by atoms with van der Waals surface area (Å²) >= 11 is 0. The van der Waals surface area contributed by atoms with E-state index in [2.05, 4.69) is 10.1 Å². The van der Waals surface area contributed by atoms with E-state index in [-0.39, 0.29) is 18.3 Å². The Hall–Kier alpha value is -1.62. The minimum Gasteiger partial charge on any atom is -0.489 e. The molecule has 0 saturated heterocycles. The van der Waals surface area contributed by atoms with Gasteiger partial charge in [0.05, 0.1) is 12.5 Å². The first-order valence-electron chi connectivity index (χ1n) is 6.05. The lowest BCUT2D eigenvalue weighted by Gasteiger charge is -2.21. The minimum atomic E-state index is -0.815. The molecule has 0 aliphatic carbocycles. The Kier molecular flexibility index (Phi) is 5.30. The number of hydrogen-bond donors (Lipinski definition) is 1. The van der Waals surface area contributed by atoms with Crippen LogP contribution in [0.1, 0.15) is 19.4 Å². The molecule has 1 aromatic carbocycles. The second kappa shape index (κ2) is 6.52. The zero-order valence-corrected chi connectivity index (χ0v) is 11.7. The molecule has 0 heterocycles. The highest BCUT2D eigenvalue weighted by molar-refractivity contribution is 5.75. The first kappa shape index (κ1) is 15.4. The van der Waals surface area contributed by atoms with Gasteiger partial charge in [-0.1, -0.05) is 6.07 Å². The Morgan fingerprint density at radius 3 is 2.63 bits per heavy atom. The fraction of sp³-hybridized carbons (Fsp3) is 0.500. The number of methoxy groups -OCH3 is 1. The highest BCUT2D eigenvalue weighted by Crippen LogP contribution is 2.23. The molecular weight excluding hydrogens is 249 g/mol. The van der Waals surface area contributed by atoms with Gasteiger partial charge in [0.25, 0.3) is 0 Å². The lowest BCUT2D eigenvalue weighted by Crippen LogP contribution is -2.32. The number of carbonyl (C=O) groups excluding carboxylic acids is 1. The summed E-state index contributed by atoms with van der Waals surface area (Å²) in [5.74, 6) is -0.690. The Morgan fingerprint density at radius 1 is 1.42 bits per heavy atom. The van der Waals surface area contributed by atoms with Crippen LogP contribution in [0.2, 0.25) is 0 Å². The van der Waals surface area contributed by atoms with E-state index in [1.807, 2.05) is 0 Å². The van der Waals surface area contributed by atoms with Gasteiger partial charge in [0.1, 0.15) is 6.61 Å². The number of benzene rings is 1. The molecule has 1 N–H and O–H groups in total. The van der Waals surface area contributed by atoms with Gasteiger partial charge in [-0.3, -0.25) is 4.79 Å². The van der Waals surface area contributed by atoms with Crippen molar-refractivity contribution in [1.82, 2.24) is 5.32 Å². The Balaban J connectivity index is 2.70. The standard InChI is InChI=1S/C14H20FNO3/c1-14(2,13(17)18-4)9-19-12-6-5-10(8-16-3)7-11(12)15/h5-7,16H,8-9H2,1-4H3. The van der Waals surface area contributed by atoms with Crippen LogP contribution in [0.4, 0.5) is 4.39 Å². The summed E-state index contributed by atoms with van der Waals surface area (Å²) in [6.07, 6.45) is 0. The maximum Gasteiger partial charge on any atom is 0.314 e. The van der Waals surface area contributed by atoms with Crippen molar-refractivity contribution in [3.63, 3.8) is 0 Å². The summed E-state index contributed by atoms with van der Waals surface area (Å²) in [5, 5.41) is 2.94. The number of hydrogen-bond acceptors (Lipinski definition) is 4. The van der Waals surface area contributed by atoms with Gasteiger partial charge in [-0.25, -0.2) is 4.39 Å². The quantitative estimate of drug-likeness (QED) is 0.804. The van der Waals surface area contributed by atoms with Gasteiger partial charge < -0.3 is 14.8 Å². The maximum absolute atomic E-state index is 13.8. The first-order valence-corrected chi connectivity index (χ1v) is 6.05. The topological polar surface area (TPSA) is 47.6 Å². The van der Waals surface area contributed by atoms with E-state index >= 15 is 0 Å². The molecule has 0 aliphatic rings. The molecule has 0 aliphatic heterocycles. The Labute approximate surface area is 112 Å². The summed E-state index contributed by atoms with van der Waals surface area (Å²) in [7, 11) is 3.11. The van der Waals surface area contributed by atoms with Crippen molar-refractivity contribution in [2.45, 2.75) is 20.4 Å². The van der Waals surface area contributed by atoms with Crippen LogP contribution in [-0.4, -0.2) is 26.7 Å². The molecule has 0 spiro atoms. The molecular formula is C14H20FNO3. The summed E-state index contributed by atoms with van der Waals surface area (Å²) in [6.45, 7) is 4.02. The van der Waals surface area contributed by atoms with Crippen molar-refractivity contribution in [2.75, 3.05) is 20.8 Å². The fourth-order valence-electron chi connectivity index (χ4n) is 1.57. The van der Waals surface area contributed by atoms with Crippen molar-refractivity contribution >= 4 is 5.97 Å². The monoisotopic (exact) mass is 269 g/mol. The first-order chi connectivity index (χ1) is 8.90. The van der Waals surface area contributed by atoms with E-state index in [0.29, 0.717) is 6.54 Å². The van der Waals surface area contributed by atoms with Crippen molar-refractivity contribution < 1.29 is 18.7 Å². The van der Waals surface area contributed by atoms with E-state index in [1.54, 1.807) is 33.0 Å². The SMILES string of the molecule is CNCc1ccc(OCC(C)(C)C(=O)OC)c(F)c1. The summed E-state index contributed by atoms with van der Waals surface area (Å²) < 4.78 is 23.8. The van der Waals surface area contributed by atoms with E-state index in [1.165, 1.54) is 13.2 Å². The molecule has 106 valence electrons. The van der Waals surface area contributed by atoms with Crippen molar-refractivity contribution in [3.8, 4) is 5.75 Å². The van der Waals surface area contributed by atoms with Crippen LogP contribution < -0.4 is 10.1 Å². The molecule has 5 heteroatoms. The van der Waals surface area contributed by atoms with Crippen LogP contribution in [0.25, 0.3) is 0 Å². The van der Waals surface area contributed by atoms with Crippen molar-refractivity contribution in [1.29, 1.82) is 0 Å². The highest BCUT2D eigenvalue weighted by atomic mass is 19.1. The van der Waals surface area contributed by atoms with Crippen LogP contribution in [0.15, 0.2) is 18.2 Å². The van der Waals surface area contributed by atoms with Crippen LogP contribution in [0.3, 0.4) is 0 Å². The number of halogens is 1. The molecule has 0 radical (unpaired) electrons. The number of rotatable bonds is 6. The molecule has 1 aromatic rings. The van der Waals surface area contributed by atoms with Crippen LogP contribution in [0, 0.1) is 11.2 Å². The van der Waals surface area contributed by atoms with E-state index < -0.39 is 11.2 Å². The molecule has 0 amide bonds. The Bertz CT molecular complexity index is 446. The predicted molar refractivity (Wildman–Crippen MR) is 70.5 cm³/mol. The van der Waals surface area contributed by atoms with Gasteiger partial charge in [0.15, 0.2) is 11.6 Å². The third-order valence-electron chi connectivity index (χ3n) is 2.70. The molecule has 19 heavy (non-hydrogen) atoms. The number of nitrogens with one attached hydrogen (secondary N) is 1. The third kappa shape index (κ3) is 4.21. The predicted octanol–water partition coefficient (Wildman–Crippen LogP) is 2.12. The average Bonchev–Trinajstić information content (AvgIpc) is 2.37. The van der Waals surface area contributed by atoms with Crippen LogP contribution in [0.5, 0.6) is 5.75 Å². The number of esters is 1. The van der Waals surface area contributed by atoms with Crippen molar-refractivity contribution in [2.24, 2.45) is 5.41 Å². The lowest BCUT2D eigenvalue weighted by atomic mass is 9.95. The summed E-state index contributed by atoms with van der Waals surface area (Å²) in [6, 6.07) is 4.76. The molecule has 0 saturated carbocycles. The second-order valence-electron chi connectivity index (χ2n) is 4.96. The zero-order valence-electron chi connectivity index (χ0n) is 11.7. The highest BCUT2D eigenvalue weighted by Gasteiger charge is 2.30. The second-order valence-corrected chi connectivity index (χ2v) is 4.96. The maximum atomic E-state index is 13.8.